The summed E-state index contributed by atoms with van der Waals surface area (Å²) in [5.74, 6) is 0.134. The Kier molecular flexibility index (Phi) is 5.43. The molecule has 0 unspecified atom stereocenters. The lowest BCUT2D eigenvalue weighted by molar-refractivity contribution is -0.384. The normalized spacial score (nSPS) is 15.2. The number of imide groups is 1. The van der Waals surface area contributed by atoms with Crippen LogP contribution in [-0.4, -0.2) is 16.1 Å². The van der Waals surface area contributed by atoms with E-state index in [0.717, 1.165) is 27.8 Å². The van der Waals surface area contributed by atoms with Crippen molar-refractivity contribution in [3.63, 3.8) is 0 Å². The third-order valence-electron chi connectivity index (χ3n) is 4.85. The Morgan fingerprint density at radius 2 is 1.74 bits per heavy atom. The Labute approximate surface area is 186 Å². The molecule has 7 nitrogen and oxygen atoms in total. The first-order chi connectivity index (χ1) is 14.7. The molecule has 1 aromatic heterocycles. The Morgan fingerprint density at radius 1 is 1.06 bits per heavy atom. The Hall–Kier alpha value is -3.36. The highest BCUT2D eigenvalue weighted by molar-refractivity contribution is 8.19. The van der Waals surface area contributed by atoms with Crippen LogP contribution in [0.15, 0.2) is 57.9 Å². The Morgan fingerprint density at radius 3 is 2.42 bits per heavy atom. The van der Waals surface area contributed by atoms with Gasteiger partial charge in [-0.25, -0.2) is 4.90 Å². The fraction of sp³-hybridized carbons (Fsp3) is 0.0909. The van der Waals surface area contributed by atoms with Crippen molar-refractivity contribution in [1.29, 1.82) is 0 Å². The summed E-state index contributed by atoms with van der Waals surface area (Å²) < 4.78 is 5.76. The number of nitrogens with zero attached hydrogens (tertiary/aromatic N) is 2. The zero-order valence-corrected chi connectivity index (χ0v) is 18.0. The van der Waals surface area contributed by atoms with E-state index in [1.165, 1.54) is 12.1 Å². The number of carbonyl (C=O) groups is 2. The molecule has 0 bridgehead atoms. The largest absolute Gasteiger partial charge is 0.456 e. The predicted molar refractivity (Wildman–Crippen MR) is 120 cm³/mol. The van der Waals surface area contributed by atoms with E-state index in [1.807, 2.05) is 6.92 Å². The fourth-order valence-corrected chi connectivity index (χ4v) is 4.08. The average molecular weight is 455 g/mol. The molecule has 0 saturated carbocycles. The summed E-state index contributed by atoms with van der Waals surface area (Å²) in [6.07, 6.45) is 1.46. The van der Waals surface area contributed by atoms with Gasteiger partial charge in [0, 0.05) is 17.2 Å². The first-order valence-electron chi connectivity index (χ1n) is 9.14. The van der Waals surface area contributed by atoms with Crippen LogP contribution in [0.1, 0.15) is 16.9 Å². The highest BCUT2D eigenvalue weighted by atomic mass is 35.5. The molecule has 1 fully saturated rings. The summed E-state index contributed by atoms with van der Waals surface area (Å²) in [7, 11) is 0. The van der Waals surface area contributed by atoms with Gasteiger partial charge in [0.25, 0.3) is 16.8 Å². The standard InChI is InChI=1S/C22H15ClN2O5S/c1-12-9-17(18(25(28)29)10-13(12)2)19-8-7-16(30-19)11-20-21(26)24(22(27)31-20)15-5-3-14(23)4-6-15/h3-11H,1-2H3/b20-11+. The molecule has 1 saturated heterocycles. The van der Waals surface area contributed by atoms with E-state index in [0.29, 0.717) is 27.8 Å². The van der Waals surface area contributed by atoms with Gasteiger partial charge in [0.15, 0.2) is 0 Å². The summed E-state index contributed by atoms with van der Waals surface area (Å²) in [6, 6.07) is 12.8. The number of furan rings is 1. The second kappa shape index (κ2) is 8.05. The van der Waals surface area contributed by atoms with Crippen LogP contribution < -0.4 is 4.90 Å². The van der Waals surface area contributed by atoms with Crippen molar-refractivity contribution in [2.24, 2.45) is 0 Å². The van der Waals surface area contributed by atoms with Gasteiger partial charge in [-0.3, -0.25) is 19.7 Å². The van der Waals surface area contributed by atoms with E-state index in [2.05, 4.69) is 0 Å². The van der Waals surface area contributed by atoms with Crippen molar-refractivity contribution >= 4 is 52.0 Å². The van der Waals surface area contributed by atoms with Gasteiger partial charge in [-0.2, -0.15) is 0 Å². The number of aryl methyl sites for hydroxylation is 2. The van der Waals surface area contributed by atoms with Gasteiger partial charge in [-0.15, -0.1) is 0 Å². The molecule has 31 heavy (non-hydrogen) atoms. The second-order valence-electron chi connectivity index (χ2n) is 6.91. The van der Waals surface area contributed by atoms with Gasteiger partial charge >= 0.3 is 0 Å². The van der Waals surface area contributed by atoms with Crippen molar-refractivity contribution in [3.8, 4) is 11.3 Å². The Balaban J connectivity index is 1.66. The zero-order valence-electron chi connectivity index (χ0n) is 16.4. The van der Waals surface area contributed by atoms with Crippen LogP contribution in [0.5, 0.6) is 0 Å². The van der Waals surface area contributed by atoms with Crippen LogP contribution in [0, 0.1) is 24.0 Å². The molecule has 156 valence electrons. The van der Waals surface area contributed by atoms with Crippen LogP contribution in [0.4, 0.5) is 16.2 Å². The lowest BCUT2D eigenvalue weighted by Crippen LogP contribution is -2.27. The highest BCUT2D eigenvalue weighted by Gasteiger charge is 2.36. The third-order valence-corrected chi connectivity index (χ3v) is 5.97. The van der Waals surface area contributed by atoms with E-state index in [1.54, 1.807) is 49.4 Å². The molecular formula is C22H15ClN2O5S. The van der Waals surface area contributed by atoms with Gasteiger partial charge in [0.1, 0.15) is 11.5 Å². The minimum atomic E-state index is -0.479. The summed E-state index contributed by atoms with van der Waals surface area (Å²) >= 11 is 6.66. The molecule has 3 aromatic rings. The highest BCUT2D eigenvalue weighted by Crippen LogP contribution is 2.38. The number of amides is 2. The molecule has 2 aromatic carbocycles. The summed E-state index contributed by atoms with van der Waals surface area (Å²) in [5, 5.41) is 11.5. The van der Waals surface area contributed by atoms with Gasteiger partial charge in [-0.1, -0.05) is 11.6 Å². The second-order valence-corrected chi connectivity index (χ2v) is 8.34. The smallest absolute Gasteiger partial charge is 0.298 e. The number of nitro groups is 1. The molecule has 9 heteroatoms. The van der Waals surface area contributed by atoms with Crippen molar-refractivity contribution < 1.29 is 18.9 Å². The van der Waals surface area contributed by atoms with Gasteiger partial charge in [0.2, 0.25) is 0 Å². The average Bonchev–Trinajstić information content (AvgIpc) is 3.29. The quantitative estimate of drug-likeness (QED) is 0.258. The van der Waals surface area contributed by atoms with Crippen molar-refractivity contribution in [2.45, 2.75) is 13.8 Å². The van der Waals surface area contributed by atoms with Crippen LogP contribution in [0.3, 0.4) is 0 Å². The molecule has 0 N–H and O–H groups in total. The number of halogens is 1. The molecule has 0 atom stereocenters. The maximum absolute atomic E-state index is 12.8. The molecule has 2 heterocycles. The van der Waals surface area contributed by atoms with Gasteiger partial charge < -0.3 is 4.42 Å². The number of hydrogen-bond acceptors (Lipinski definition) is 6. The van der Waals surface area contributed by atoms with E-state index in [9.17, 15) is 19.7 Å². The van der Waals surface area contributed by atoms with Crippen LogP contribution in [-0.2, 0) is 4.79 Å². The molecule has 4 rings (SSSR count). The minimum absolute atomic E-state index is 0.0629. The lowest BCUT2D eigenvalue weighted by atomic mass is 10.0. The SMILES string of the molecule is Cc1cc(-c2ccc(/C=C3/SC(=O)N(c4ccc(Cl)cc4)C3=O)o2)c([N+](=O)[O-])cc1C. The van der Waals surface area contributed by atoms with Gasteiger partial charge in [-0.05, 0) is 79.2 Å². The van der Waals surface area contributed by atoms with Crippen molar-refractivity contribution in [3.05, 3.63) is 85.5 Å². The molecule has 2 amide bonds. The number of anilines is 1. The first-order valence-corrected chi connectivity index (χ1v) is 10.3. The first kappa shape index (κ1) is 20.9. The maximum atomic E-state index is 12.8. The number of thioether (sulfide) groups is 1. The molecule has 0 radical (unpaired) electrons. The number of carbonyl (C=O) groups excluding carboxylic acids is 2. The molecule has 0 aliphatic carbocycles. The number of rotatable bonds is 4. The van der Waals surface area contributed by atoms with E-state index < -0.39 is 16.1 Å². The van der Waals surface area contributed by atoms with Crippen LogP contribution in [0.2, 0.25) is 5.02 Å². The van der Waals surface area contributed by atoms with Crippen LogP contribution in [0.25, 0.3) is 17.4 Å². The molecule has 1 aliphatic heterocycles. The summed E-state index contributed by atoms with van der Waals surface area (Å²) in [5.41, 5.74) is 2.40. The number of nitro benzene ring substituents is 1. The van der Waals surface area contributed by atoms with Gasteiger partial charge in [0.05, 0.1) is 21.1 Å². The molecule has 1 aliphatic rings. The molecular weight excluding hydrogens is 440 g/mol. The van der Waals surface area contributed by atoms with E-state index >= 15 is 0 Å². The zero-order chi connectivity index (χ0) is 22.3. The van der Waals surface area contributed by atoms with E-state index in [-0.39, 0.29) is 10.6 Å². The Bertz CT molecular complexity index is 1260. The number of benzene rings is 2. The number of hydrogen-bond donors (Lipinski definition) is 0. The summed E-state index contributed by atoms with van der Waals surface area (Å²) in [6.45, 7) is 3.66. The maximum Gasteiger partial charge on any atom is 0.298 e. The monoisotopic (exact) mass is 454 g/mol. The fourth-order valence-electron chi connectivity index (χ4n) is 3.13. The minimum Gasteiger partial charge on any atom is -0.456 e. The third kappa shape index (κ3) is 3.99. The topological polar surface area (TPSA) is 93.7 Å². The van der Waals surface area contributed by atoms with E-state index in [4.69, 9.17) is 16.0 Å². The van der Waals surface area contributed by atoms with Crippen molar-refractivity contribution in [1.82, 2.24) is 0 Å². The van der Waals surface area contributed by atoms with Crippen LogP contribution >= 0.6 is 23.4 Å². The predicted octanol–water partition coefficient (Wildman–Crippen LogP) is 6.37. The lowest BCUT2D eigenvalue weighted by Gasteiger charge is -2.11. The molecule has 0 spiro atoms. The van der Waals surface area contributed by atoms with Crippen molar-refractivity contribution in [2.75, 3.05) is 4.90 Å². The summed E-state index contributed by atoms with van der Waals surface area (Å²) in [4.78, 5) is 37.4.